The summed E-state index contributed by atoms with van der Waals surface area (Å²) >= 11 is 6.22. The first kappa shape index (κ1) is 17.0. The van der Waals surface area contributed by atoms with Crippen molar-refractivity contribution in [1.29, 1.82) is 0 Å². The van der Waals surface area contributed by atoms with E-state index in [0.717, 1.165) is 27.6 Å². The molecule has 2 aromatic carbocycles. The molecule has 0 saturated heterocycles. The van der Waals surface area contributed by atoms with Gasteiger partial charge in [-0.3, -0.25) is 4.79 Å². The molecule has 0 aliphatic carbocycles. The van der Waals surface area contributed by atoms with E-state index in [1.807, 2.05) is 30.3 Å². The fraction of sp³-hybridized carbons (Fsp3) is 0.190. The third kappa shape index (κ3) is 2.38. The van der Waals surface area contributed by atoms with Crippen LogP contribution in [0, 0.1) is 0 Å². The number of amides is 1. The number of aromatic nitrogens is 2. The quantitative estimate of drug-likeness (QED) is 0.451. The molecule has 0 fully saturated rings. The lowest BCUT2D eigenvalue weighted by atomic mass is 9.99. The van der Waals surface area contributed by atoms with Gasteiger partial charge < -0.3 is 24.7 Å². The van der Waals surface area contributed by atoms with E-state index in [-0.39, 0.29) is 17.6 Å². The molecule has 0 bridgehead atoms. The molecule has 4 aromatic rings. The minimum Gasteiger partial charge on any atom is -0.506 e. The molecule has 3 heterocycles. The Morgan fingerprint density at radius 3 is 2.96 bits per heavy atom. The number of phenolic OH excluding ortho intramolecular Hbond substituents is 1. The number of benzene rings is 2. The molecule has 1 amide bonds. The van der Waals surface area contributed by atoms with E-state index in [1.54, 1.807) is 24.3 Å². The number of rotatable bonds is 3. The Morgan fingerprint density at radius 1 is 1.32 bits per heavy atom. The van der Waals surface area contributed by atoms with Crippen molar-refractivity contribution in [2.75, 3.05) is 24.4 Å². The van der Waals surface area contributed by atoms with Crippen molar-refractivity contribution in [2.45, 2.75) is 5.92 Å². The lowest BCUT2D eigenvalue weighted by molar-refractivity contribution is 0.0984. The number of nitrogens with one attached hydrogen (secondary N) is 2. The monoisotopic (exact) mass is 395 g/mol. The number of carbonyl (C=O) groups excluding carboxylic acids is 1. The van der Waals surface area contributed by atoms with Crippen LogP contribution < -0.4 is 9.64 Å². The molecular weight excluding hydrogens is 378 g/mol. The standard InChI is InChI=1S/C21H18ClN3O3/c1-28-13-2-3-15-11(6-13)7-16(24-15)21(27)25-10-12(9-22)19-14-4-5-23-20(14)18(26)8-17(19)25/h2-8,12,23-24,26H,9-10H2,1H3/t12-/m0/s1. The summed E-state index contributed by atoms with van der Waals surface area (Å²) in [7, 11) is 1.61. The number of hydrogen-bond donors (Lipinski definition) is 3. The highest BCUT2D eigenvalue weighted by atomic mass is 35.5. The Labute approximate surface area is 165 Å². The number of anilines is 1. The van der Waals surface area contributed by atoms with Gasteiger partial charge in [0, 0.05) is 46.9 Å². The zero-order valence-electron chi connectivity index (χ0n) is 15.1. The smallest absolute Gasteiger partial charge is 0.274 e. The van der Waals surface area contributed by atoms with E-state index < -0.39 is 0 Å². The summed E-state index contributed by atoms with van der Waals surface area (Å²) in [5, 5.41) is 12.2. The van der Waals surface area contributed by atoms with Gasteiger partial charge >= 0.3 is 0 Å². The van der Waals surface area contributed by atoms with Crippen LogP contribution >= 0.6 is 11.6 Å². The predicted molar refractivity (Wildman–Crippen MR) is 110 cm³/mol. The van der Waals surface area contributed by atoms with E-state index >= 15 is 0 Å². The molecular formula is C21H18ClN3O3. The number of nitrogens with zero attached hydrogens (tertiary/aromatic N) is 1. The number of alkyl halides is 1. The van der Waals surface area contributed by atoms with Gasteiger partial charge in [-0.15, -0.1) is 11.6 Å². The summed E-state index contributed by atoms with van der Waals surface area (Å²) < 4.78 is 5.26. The number of H-pyrrole nitrogens is 2. The number of aromatic amines is 2. The molecule has 28 heavy (non-hydrogen) atoms. The van der Waals surface area contributed by atoms with Crippen LogP contribution in [0.15, 0.2) is 42.6 Å². The van der Waals surface area contributed by atoms with Crippen LogP contribution in [0.5, 0.6) is 11.5 Å². The Bertz CT molecular complexity index is 1230. The molecule has 1 aliphatic heterocycles. The molecule has 0 saturated carbocycles. The van der Waals surface area contributed by atoms with Gasteiger partial charge in [-0.2, -0.15) is 0 Å². The maximum atomic E-state index is 13.3. The summed E-state index contributed by atoms with van der Waals surface area (Å²) in [5.41, 5.74) is 3.71. The van der Waals surface area contributed by atoms with Gasteiger partial charge in [0.25, 0.3) is 5.91 Å². The molecule has 2 aromatic heterocycles. The highest BCUT2D eigenvalue weighted by molar-refractivity contribution is 6.19. The van der Waals surface area contributed by atoms with Crippen LogP contribution in [0.2, 0.25) is 0 Å². The highest BCUT2D eigenvalue weighted by Gasteiger charge is 2.35. The van der Waals surface area contributed by atoms with Crippen molar-refractivity contribution in [3.8, 4) is 11.5 Å². The van der Waals surface area contributed by atoms with Crippen LogP contribution in [-0.4, -0.2) is 40.5 Å². The minimum atomic E-state index is -0.154. The van der Waals surface area contributed by atoms with E-state index in [1.165, 1.54) is 0 Å². The molecule has 5 rings (SSSR count). The van der Waals surface area contributed by atoms with E-state index in [9.17, 15) is 9.90 Å². The van der Waals surface area contributed by atoms with Crippen LogP contribution in [0.25, 0.3) is 21.8 Å². The second-order valence-corrected chi connectivity index (χ2v) is 7.31. The number of halogens is 1. The van der Waals surface area contributed by atoms with Crippen LogP contribution in [0.3, 0.4) is 0 Å². The fourth-order valence-corrected chi connectivity index (χ4v) is 4.35. The Balaban J connectivity index is 1.61. The topological polar surface area (TPSA) is 81.3 Å². The summed E-state index contributed by atoms with van der Waals surface area (Å²) in [5.74, 6) is 1.10. The first-order valence-corrected chi connectivity index (χ1v) is 9.51. The van der Waals surface area contributed by atoms with Crippen molar-refractivity contribution in [2.24, 2.45) is 0 Å². The second kappa shape index (κ2) is 6.21. The lowest BCUT2D eigenvalue weighted by Crippen LogP contribution is -2.30. The predicted octanol–water partition coefficient (Wildman–Crippen LogP) is 4.35. The Hall–Kier alpha value is -3.12. The second-order valence-electron chi connectivity index (χ2n) is 7.00. The third-order valence-corrected chi connectivity index (χ3v) is 5.81. The van der Waals surface area contributed by atoms with Crippen LogP contribution in [0.1, 0.15) is 22.0 Å². The van der Waals surface area contributed by atoms with Gasteiger partial charge in [0.05, 0.1) is 18.3 Å². The molecule has 0 radical (unpaired) electrons. The largest absolute Gasteiger partial charge is 0.506 e. The van der Waals surface area contributed by atoms with E-state index in [0.29, 0.717) is 29.3 Å². The molecule has 1 aliphatic rings. The number of hydrogen-bond acceptors (Lipinski definition) is 3. The van der Waals surface area contributed by atoms with Gasteiger partial charge in [-0.1, -0.05) is 0 Å². The van der Waals surface area contributed by atoms with Crippen LogP contribution in [-0.2, 0) is 0 Å². The normalized spacial score (nSPS) is 16.1. The Morgan fingerprint density at radius 2 is 2.18 bits per heavy atom. The SMILES string of the molecule is COc1ccc2[nH]c(C(=O)N3C[C@H](CCl)c4c3cc(O)c3[nH]ccc43)cc2c1. The average molecular weight is 396 g/mol. The van der Waals surface area contributed by atoms with Crippen molar-refractivity contribution in [3.05, 3.63) is 53.9 Å². The van der Waals surface area contributed by atoms with Crippen molar-refractivity contribution in [3.63, 3.8) is 0 Å². The minimum absolute atomic E-state index is 0.00369. The molecule has 3 N–H and O–H groups in total. The zero-order chi connectivity index (χ0) is 19.4. The molecule has 7 heteroatoms. The van der Waals surface area contributed by atoms with Crippen LogP contribution in [0.4, 0.5) is 5.69 Å². The van der Waals surface area contributed by atoms with Gasteiger partial charge in [-0.05, 0) is 35.9 Å². The number of aromatic hydroxyl groups is 1. The number of methoxy groups -OCH3 is 1. The van der Waals surface area contributed by atoms with Gasteiger partial charge in [-0.25, -0.2) is 0 Å². The van der Waals surface area contributed by atoms with Gasteiger partial charge in [0.15, 0.2) is 0 Å². The maximum Gasteiger partial charge on any atom is 0.274 e. The summed E-state index contributed by atoms with van der Waals surface area (Å²) in [6, 6.07) is 11.0. The first-order chi connectivity index (χ1) is 13.6. The number of fused-ring (bicyclic) bond motifs is 4. The third-order valence-electron chi connectivity index (χ3n) is 5.43. The Kier molecular flexibility index (Phi) is 3.77. The molecule has 0 spiro atoms. The van der Waals surface area contributed by atoms with Crippen molar-refractivity contribution in [1.82, 2.24) is 9.97 Å². The number of ether oxygens (including phenoxy) is 1. The molecule has 142 valence electrons. The average Bonchev–Trinajstić information content (AvgIpc) is 3.42. The molecule has 6 nitrogen and oxygen atoms in total. The zero-order valence-corrected chi connectivity index (χ0v) is 15.9. The van der Waals surface area contributed by atoms with Gasteiger partial charge in [0.2, 0.25) is 0 Å². The van der Waals surface area contributed by atoms with E-state index in [2.05, 4.69) is 9.97 Å². The lowest BCUT2D eigenvalue weighted by Gasteiger charge is -2.17. The summed E-state index contributed by atoms with van der Waals surface area (Å²) in [6.45, 7) is 0.472. The highest BCUT2D eigenvalue weighted by Crippen LogP contribution is 2.45. The number of phenols is 1. The molecule has 1 atom stereocenters. The maximum absolute atomic E-state index is 13.3. The summed E-state index contributed by atoms with van der Waals surface area (Å²) in [4.78, 5) is 21.2. The molecule has 0 unspecified atom stereocenters. The van der Waals surface area contributed by atoms with Gasteiger partial charge in [0.1, 0.15) is 17.2 Å². The fourth-order valence-electron chi connectivity index (χ4n) is 4.10. The van der Waals surface area contributed by atoms with Crippen molar-refractivity contribution >= 4 is 45.0 Å². The summed E-state index contributed by atoms with van der Waals surface area (Å²) in [6.07, 6.45) is 1.78. The number of carbonyl (C=O) groups is 1. The first-order valence-electron chi connectivity index (χ1n) is 8.98. The van der Waals surface area contributed by atoms with Crippen molar-refractivity contribution < 1.29 is 14.6 Å². The van der Waals surface area contributed by atoms with E-state index in [4.69, 9.17) is 16.3 Å².